The zero-order valence-corrected chi connectivity index (χ0v) is 6.52. The third kappa shape index (κ3) is 2.00. The maximum Gasteiger partial charge on any atom is 0.276 e. The van der Waals surface area contributed by atoms with Crippen molar-refractivity contribution in [2.75, 3.05) is 12.3 Å². The summed E-state index contributed by atoms with van der Waals surface area (Å²) in [7, 11) is 0. The summed E-state index contributed by atoms with van der Waals surface area (Å²) in [6, 6.07) is 0. The number of nitrogens with two attached hydrogens (primary N) is 1. The van der Waals surface area contributed by atoms with Gasteiger partial charge in [-0.25, -0.2) is 0 Å². The van der Waals surface area contributed by atoms with Crippen LogP contribution in [0.5, 0.6) is 0 Å². The molecule has 0 saturated heterocycles. The summed E-state index contributed by atoms with van der Waals surface area (Å²) in [6.07, 6.45) is 0. The van der Waals surface area contributed by atoms with E-state index in [-0.39, 0.29) is 0 Å². The Hall–Kier alpha value is -0.550. The van der Waals surface area contributed by atoms with E-state index in [1.807, 2.05) is 0 Å². The van der Waals surface area contributed by atoms with Crippen LogP contribution in [0, 0.1) is 6.92 Å². The van der Waals surface area contributed by atoms with Crippen molar-refractivity contribution in [2.45, 2.75) is 12.1 Å². The van der Waals surface area contributed by atoms with Crippen LogP contribution in [-0.4, -0.2) is 22.5 Å². The van der Waals surface area contributed by atoms with Gasteiger partial charge >= 0.3 is 0 Å². The normalized spacial score (nSPS) is 10.2. The van der Waals surface area contributed by atoms with Crippen molar-refractivity contribution in [3.8, 4) is 0 Å². The molecule has 1 aromatic rings. The van der Waals surface area contributed by atoms with E-state index >= 15 is 0 Å². The lowest BCUT2D eigenvalue weighted by Gasteiger charge is -1.88. The summed E-state index contributed by atoms with van der Waals surface area (Å²) < 4.78 is 5.07. The van der Waals surface area contributed by atoms with Crippen LogP contribution in [0.1, 0.15) is 5.89 Å². The second-order valence-corrected chi connectivity index (χ2v) is 2.77. The minimum Gasteiger partial charge on any atom is -0.416 e. The molecule has 10 heavy (non-hydrogen) atoms. The number of nitrogens with zero attached hydrogens (tertiary/aromatic N) is 2. The highest BCUT2D eigenvalue weighted by Crippen LogP contribution is 2.13. The summed E-state index contributed by atoms with van der Waals surface area (Å²) in [5, 5.41) is 8.04. The number of aromatic nitrogens is 2. The molecule has 0 atom stereocenters. The van der Waals surface area contributed by atoms with Crippen LogP contribution in [0.2, 0.25) is 0 Å². The van der Waals surface area contributed by atoms with Crippen molar-refractivity contribution in [3.05, 3.63) is 5.89 Å². The van der Waals surface area contributed by atoms with Crippen LogP contribution < -0.4 is 5.73 Å². The predicted octanol–water partition coefficient (Wildman–Crippen LogP) is 0.429. The first-order valence-corrected chi connectivity index (χ1v) is 3.94. The lowest BCUT2D eigenvalue weighted by molar-refractivity contribution is 0.429. The van der Waals surface area contributed by atoms with E-state index in [9.17, 15) is 0 Å². The molecular weight excluding hydrogens is 150 g/mol. The van der Waals surface area contributed by atoms with Crippen molar-refractivity contribution in [1.29, 1.82) is 0 Å². The lowest BCUT2D eigenvalue weighted by Crippen LogP contribution is -2.00. The predicted molar refractivity (Wildman–Crippen MR) is 38.8 cm³/mol. The Labute approximate surface area is 63.2 Å². The maximum absolute atomic E-state index is 5.27. The molecule has 2 N–H and O–H groups in total. The van der Waals surface area contributed by atoms with Crippen molar-refractivity contribution in [3.63, 3.8) is 0 Å². The molecule has 0 unspecified atom stereocenters. The maximum atomic E-state index is 5.27. The van der Waals surface area contributed by atoms with Gasteiger partial charge in [0.15, 0.2) is 0 Å². The average Bonchev–Trinajstić information content (AvgIpc) is 2.31. The van der Waals surface area contributed by atoms with Crippen molar-refractivity contribution in [1.82, 2.24) is 10.2 Å². The first-order valence-electron chi connectivity index (χ1n) is 2.96. The van der Waals surface area contributed by atoms with Crippen LogP contribution in [-0.2, 0) is 0 Å². The highest BCUT2D eigenvalue weighted by Gasteiger charge is 1.99. The first-order chi connectivity index (χ1) is 4.83. The van der Waals surface area contributed by atoms with E-state index in [2.05, 4.69) is 10.2 Å². The standard InChI is InChI=1S/C5H9N3OS/c1-4-7-8-5(9-4)10-3-2-6/h2-3,6H2,1H3. The number of aryl methyl sites for hydroxylation is 1. The van der Waals surface area contributed by atoms with Crippen LogP contribution in [0.15, 0.2) is 9.64 Å². The zero-order chi connectivity index (χ0) is 7.40. The monoisotopic (exact) mass is 159 g/mol. The zero-order valence-electron chi connectivity index (χ0n) is 5.70. The molecule has 0 spiro atoms. The fourth-order valence-corrected chi connectivity index (χ4v) is 1.05. The lowest BCUT2D eigenvalue weighted by atomic mass is 10.8. The molecule has 0 amide bonds. The van der Waals surface area contributed by atoms with Crippen molar-refractivity contribution >= 4 is 11.8 Å². The minimum atomic E-state index is 0.597. The van der Waals surface area contributed by atoms with Gasteiger partial charge in [-0.3, -0.25) is 0 Å². The molecule has 0 bridgehead atoms. The van der Waals surface area contributed by atoms with Gasteiger partial charge in [0.1, 0.15) is 0 Å². The van der Waals surface area contributed by atoms with Gasteiger partial charge in [-0.15, -0.1) is 10.2 Å². The molecule has 0 aromatic carbocycles. The highest BCUT2D eigenvalue weighted by atomic mass is 32.2. The molecule has 0 radical (unpaired) electrons. The summed E-state index contributed by atoms with van der Waals surface area (Å²) in [4.78, 5) is 0. The second kappa shape index (κ2) is 3.58. The van der Waals surface area contributed by atoms with Crippen molar-refractivity contribution < 1.29 is 4.42 Å². The number of rotatable bonds is 3. The van der Waals surface area contributed by atoms with Gasteiger partial charge < -0.3 is 10.2 Å². The van der Waals surface area contributed by atoms with Crippen LogP contribution >= 0.6 is 11.8 Å². The Morgan fingerprint density at radius 3 is 2.90 bits per heavy atom. The van der Waals surface area contributed by atoms with Gasteiger partial charge in [-0.2, -0.15) is 0 Å². The van der Waals surface area contributed by atoms with E-state index in [0.717, 1.165) is 5.75 Å². The number of thioether (sulfide) groups is 1. The van der Waals surface area contributed by atoms with E-state index in [0.29, 0.717) is 17.7 Å². The Morgan fingerprint density at radius 1 is 1.60 bits per heavy atom. The average molecular weight is 159 g/mol. The van der Waals surface area contributed by atoms with Gasteiger partial charge in [0.05, 0.1) is 0 Å². The van der Waals surface area contributed by atoms with Crippen LogP contribution in [0.4, 0.5) is 0 Å². The Morgan fingerprint density at radius 2 is 2.40 bits per heavy atom. The quantitative estimate of drug-likeness (QED) is 0.648. The second-order valence-electron chi connectivity index (χ2n) is 1.72. The third-order valence-electron chi connectivity index (χ3n) is 0.851. The summed E-state index contributed by atoms with van der Waals surface area (Å²) >= 11 is 1.48. The molecule has 0 fully saturated rings. The minimum absolute atomic E-state index is 0.597. The van der Waals surface area contributed by atoms with E-state index in [1.54, 1.807) is 6.92 Å². The first kappa shape index (κ1) is 7.56. The van der Waals surface area contributed by atoms with Gasteiger partial charge in [-0.05, 0) is 0 Å². The SMILES string of the molecule is Cc1nnc(SCCN)o1. The molecule has 0 aliphatic rings. The van der Waals surface area contributed by atoms with Gasteiger partial charge in [0.25, 0.3) is 5.22 Å². The van der Waals surface area contributed by atoms with Crippen LogP contribution in [0.3, 0.4) is 0 Å². The fraction of sp³-hybridized carbons (Fsp3) is 0.600. The molecule has 5 heteroatoms. The number of hydrogen-bond donors (Lipinski definition) is 1. The summed E-state index contributed by atoms with van der Waals surface area (Å²) in [5.41, 5.74) is 5.27. The Kier molecular flexibility index (Phi) is 2.70. The Bertz CT molecular complexity index is 201. The van der Waals surface area contributed by atoms with Gasteiger partial charge in [0, 0.05) is 19.2 Å². The summed E-state index contributed by atoms with van der Waals surface area (Å²) in [5.74, 6) is 1.42. The number of hydrogen-bond acceptors (Lipinski definition) is 5. The Balaban J connectivity index is 2.42. The highest BCUT2D eigenvalue weighted by molar-refractivity contribution is 7.99. The molecule has 1 rings (SSSR count). The van der Waals surface area contributed by atoms with E-state index in [4.69, 9.17) is 10.2 Å². The molecule has 1 aromatic heterocycles. The van der Waals surface area contributed by atoms with Gasteiger partial charge in [-0.1, -0.05) is 11.8 Å². The molecular formula is C5H9N3OS. The molecule has 4 nitrogen and oxygen atoms in total. The summed E-state index contributed by atoms with van der Waals surface area (Å²) in [6.45, 7) is 2.39. The van der Waals surface area contributed by atoms with Crippen molar-refractivity contribution in [2.24, 2.45) is 5.73 Å². The molecule has 0 aliphatic heterocycles. The molecule has 0 saturated carbocycles. The van der Waals surface area contributed by atoms with Crippen LogP contribution in [0.25, 0.3) is 0 Å². The van der Waals surface area contributed by atoms with Gasteiger partial charge in [0.2, 0.25) is 5.89 Å². The fourth-order valence-electron chi connectivity index (χ4n) is 0.483. The smallest absolute Gasteiger partial charge is 0.276 e. The van der Waals surface area contributed by atoms with E-state index in [1.165, 1.54) is 11.8 Å². The molecule has 1 heterocycles. The third-order valence-corrected chi connectivity index (χ3v) is 1.70. The topological polar surface area (TPSA) is 64.9 Å². The molecule has 0 aliphatic carbocycles. The molecule has 56 valence electrons. The largest absolute Gasteiger partial charge is 0.416 e. The van der Waals surface area contributed by atoms with E-state index < -0.39 is 0 Å².